The molecule has 0 bridgehead atoms. The molecule has 0 aliphatic carbocycles. The Bertz CT molecular complexity index is 1000. The van der Waals surface area contributed by atoms with Crippen molar-refractivity contribution in [1.82, 2.24) is 14.7 Å². The van der Waals surface area contributed by atoms with E-state index < -0.39 is 49.2 Å². The van der Waals surface area contributed by atoms with Crippen LogP contribution in [0.1, 0.15) is 22.8 Å². The highest BCUT2D eigenvalue weighted by molar-refractivity contribution is 5.98. The number of likely N-dealkylation sites (tertiary alicyclic amines) is 1. The van der Waals surface area contributed by atoms with Gasteiger partial charge < -0.3 is 20.7 Å². The van der Waals surface area contributed by atoms with Gasteiger partial charge in [-0.3, -0.25) is 9.48 Å². The molecule has 2 amide bonds. The average molecular weight is 450 g/mol. The molecule has 1 aliphatic heterocycles. The standard InChI is InChI=1S/C20H21F3N6O3/c21-7-15(8-22)32-20(31)28-6-5-17(12(9-24)10-28)29-11-16(18(25)30)19(27-29)26-14-3-1-13(23)2-4-14/h1-4,11-12,15,17H,5-8,10H2,(H2,25,30)(H,26,27). The first-order valence-corrected chi connectivity index (χ1v) is 9.74. The SMILES string of the molecule is N#CC1CN(C(=O)OC(CF)CF)CCC1n1cc(C(N)=O)c(Nc2ccc(F)cc2)n1. The van der Waals surface area contributed by atoms with Crippen LogP contribution in [0.25, 0.3) is 0 Å². The van der Waals surface area contributed by atoms with Gasteiger partial charge in [-0.1, -0.05) is 0 Å². The summed E-state index contributed by atoms with van der Waals surface area (Å²) in [7, 11) is 0. The summed E-state index contributed by atoms with van der Waals surface area (Å²) in [6, 6.07) is 7.00. The number of nitrogens with zero attached hydrogens (tertiary/aromatic N) is 4. The molecule has 2 aromatic rings. The van der Waals surface area contributed by atoms with Gasteiger partial charge in [0, 0.05) is 25.0 Å². The zero-order valence-corrected chi connectivity index (χ0v) is 16.9. The zero-order chi connectivity index (χ0) is 23.3. The summed E-state index contributed by atoms with van der Waals surface area (Å²) in [5.41, 5.74) is 6.00. The second-order valence-corrected chi connectivity index (χ2v) is 7.22. The highest BCUT2D eigenvalue weighted by Crippen LogP contribution is 2.30. The van der Waals surface area contributed by atoms with Gasteiger partial charge in [-0.2, -0.15) is 10.4 Å². The van der Waals surface area contributed by atoms with Crippen molar-refractivity contribution in [1.29, 1.82) is 5.26 Å². The molecule has 3 N–H and O–H groups in total. The largest absolute Gasteiger partial charge is 0.441 e. The van der Waals surface area contributed by atoms with E-state index in [0.717, 1.165) is 0 Å². The van der Waals surface area contributed by atoms with E-state index in [1.807, 2.05) is 0 Å². The number of rotatable bonds is 7. The molecular weight excluding hydrogens is 429 g/mol. The van der Waals surface area contributed by atoms with Gasteiger partial charge >= 0.3 is 6.09 Å². The highest BCUT2D eigenvalue weighted by Gasteiger charge is 2.35. The summed E-state index contributed by atoms with van der Waals surface area (Å²) in [6.07, 6.45) is -0.704. The Morgan fingerprint density at radius 1 is 1.31 bits per heavy atom. The van der Waals surface area contributed by atoms with Gasteiger partial charge in [-0.05, 0) is 30.7 Å². The van der Waals surface area contributed by atoms with Crippen molar-refractivity contribution in [2.75, 3.05) is 31.8 Å². The molecule has 1 aromatic carbocycles. The number of amides is 2. The number of piperidine rings is 1. The number of alkyl halides is 2. The summed E-state index contributed by atoms with van der Waals surface area (Å²) in [5.74, 6) is -1.78. The first-order valence-electron chi connectivity index (χ1n) is 9.74. The molecule has 2 heterocycles. The van der Waals surface area contributed by atoms with Gasteiger partial charge in [0.2, 0.25) is 0 Å². The minimum atomic E-state index is -1.48. The maximum atomic E-state index is 13.1. The van der Waals surface area contributed by atoms with E-state index in [2.05, 4.69) is 16.5 Å². The van der Waals surface area contributed by atoms with E-state index in [1.165, 1.54) is 40.0 Å². The van der Waals surface area contributed by atoms with E-state index in [9.17, 15) is 28.0 Å². The molecule has 9 nitrogen and oxygen atoms in total. The van der Waals surface area contributed by atoms with Gasteiger partial charge in [-0.15, -0.1) is 0 Å². The average Bonchev–Trinajstić information content (AvgIpc) is 3.22. The van der Waals surface area contributed by atoms with E-state index >= 15 is 0 Å². The third-order valence-electron chi connectivity index (χ3n) is 5.06. The topological polar surface area (TPSA) is 126 Å². The van der Waals surface area contributed by atoms with Gasteiger partial charge in [-0.25, -0.2) is 18.0 Å². The molecule has 1 fully saturated rings. The van der Waals surface area contributed by atoms with E-state index in [-0.39, 0.29) is 30.9 Å². The van der Waals surface area contributed by atoms with Crippen LogP contribution in [-0.2, 0) is 4.74 Å². The number of halogens is 3. The van der Waals surface area contributed by atoms with Crippen molar-refractivity contribution in [2.45, 2.75) is 18.6 Å². The molecule has 3 rings (SSSR count). The van der Waals surface area contributed by atoms with Crippen molar-refractivity contribution >= 4 is 23.5 Å². The maximum Gasteiger partial charge on any atom is 0.410 e. The number of aromatic nitrogens is 2. The molecule has 0 radical (unpaired) electrons. The molecule has 32 heavy (non-hydrogen) atoms. The smallest absolute Gasteiger partial charge is 0.410 e. The minimum absolute atomic E-state index is 0.0439. The van der Waals surface area contributed by atoms with E-state index in [0.29, 0.717) is 5.69 Å². The fraction of sp³-hybridized carbons (Fsp3) is 0.400. The van der Waals surface area contributed by atoms with Crippen LogP contribution in [0.15, 0.2) is 30.5 Å². The summed E-state index contributed by atoms with van der Waals surface area (Å²) < 4.78 is 44.6. The predicted molar refractivity (Wildman–Crippen MR) is 107 cm³/mol. The number of hydrogen-bond donors (Lipinski definition) is 2. The zero-order valence-electron chi connectivity index (χ0n) is 16.9. The molecule has 12 heteroatoms. The molecule has 2 unspecified atom stereocenters. The lowest BCUT2D eigenvalue weighted by Crippen LogP contribution is -2.45. The Kier molecular flexibility index (Phi) is 7.19. The second-order valence-electron chi connectivity index (χ2n) is 7.22. The lowest BCUT2D eigenvalue weighted by atomic mass is 9.94. The Hall–Kier alpha value is -3.75. The molecule has 1 saturated heterocycles. The van der Waals surface area contributed by atoms with E-state index in [1.54, 1.807) is 0 Å². The Balaban J connectivity index is 1.77. The van der Waals surface area contributed by atoms with Gasteiger partial charge in [0.05, 0.1) is 18.0 Å². The highest BCUT2D eigenvalue weighted by atomic mass is 19.1. The van der Waals surface area contributed by atoms with Crippen LogP contribution in [0.4, 0.5) is 29.5 Å². The number of ether oxygens (including phenoxy) is 1. The fourth-order valence-electron chi connectivity index (χ4n) is 3.37. The van der Waals surface area contributed by atoms with Gasteiger partial charge in [0.25, 0.3) is 5.91 Å². The van der Waals surface area contributed by atoms with Crippen LogP contribution < -0.4 is 11.1 Å². The van der Waals surface area contributed by atoms with Crippen LogP contribution in [0, 0.1) is 23.1 Å². The van der Waals surface area contributed by atoms with Crippen molar-refractivity contribution in [3.05, 3.63) is 41.8 Å². The minimum Gasteiger partial charge on any atom is -0.441 e. The Labute approximate surface area is 181 Å². The number of hydrogen-bond acceptors (Lipinski definition) is 6. The normalized spacial score (nSPS) is 18.3. The van der Waals surface area contributed by atoms with Crippen molar-refractivity contribution < 1.29 is 27.5 Å². The van der Waals surface area contributed by atoms with Crippen molar-refractivity contribution in [3.63, 3.8) is 0 Å². The van der Waals surface area contributed by atoms with Crippen LogP contribution in [0.3, 0.4) is 0 Å². The van der Waals surface area contributed by atoms with Crippen LogP contribution >= 0.6 is 0 Å². The number of nitrogens with one attached hydrogen (secondary N) is 1. The van der Waals surface area contributed by atoms with Crippen molar-refractivity contribution in [3.8, 4) is 6.07 Å². The number of nitrogens with two attached hydrogens (primary N) is 1. The Morgan fingerprint density at radius 2 is 2.00 bits per heavy atom. The summed E-state index contributed by atoms with van der Waals surface area (Å²) in [5, 5.41) is 16.8. The first-order chi connectivity index (χ1) is 15.4. The molecule has 170 valence electrons. The van der Waals surface area contributed by atoms with Crippen LogP contribution in [0.5, 0.6) is 0 Å². The summed E-state index contributed by atoms with van der Waals surface area (Å²) in [6.45, 7) is -2.18. The summed E-state index contributed by atoms with van der Waals surface area (Å²) >= 11 is 0. The van der Waals surface area contributed by atoms with Gasteiger partial charge in [0.1, 0.15) is 24.7 Å². The fourth-order valence-corrected chi connectivity index (χ4v) is 3.37. The molecule has 0 saturated carbocycles. The monoisotopic (exact) mass is 450 g/mol. The van der Waals surface area contributed by atoms with Crippen molar-refractivity contribution in [2.24, 2.45) is 11.7 Å². The third kappa shape index (κ3) is 5.11. The molecule has 0 spiro atoms. The number of benzene rings is 1. The lowest BCUT2D eigenvalue weighted by Gasteiger charge is -2.35. The van der Waals surface area contributed by atoms with Crippen LogP contribution in [0.2, 0.25) is 0 Å². The number of carbonyl (C=O) groups excluding carboxylic acids is 2. The Morgan fingerprint density at radius 3 is 2.59 bits per heavy atom. The first kappa shape index (κ1) is 22.9. The molecule has 1 aliphatic rings. The van der Waals surface area contributed by atoms with E-state index in [4.69, 9.17) is 10.5 Å². The van der Waals surface area contributed by atoms with Gasteiger partial charge in [0.15, 0.2) is 11.9 Å². The maximum absolute atomic E-state index is 13.1. The molecule has 1 aromatic heterocycles. The number of anilines is 2. The summed E-state index contributed by atoms with van der Waals surface area (Å²) in [4.78, 5) is 25.2. The number of nitriles is 1. The molecule has 2 atom stereocenters. The van der Waals surface area contributed by atoms with Crippen LogP contribution in [-0.4, -0.2) is 59.2 Å². The number of carbonyl (C=O) groups is 2. The second kappa shape index (κ2) is 10.0. The quantitative estimate of drug-likeness (QED) is 0.668. The number of primary amides is 1. The lowest BCUT2D eigenvalue weighted by molar-refractivity contribution is 0.0274. The molecular formula is C20H21F3N6O3. The third-order valence-corrected chi connectivity index (χ3v) is 5.06. The predicted octanol–water partition coefficient (Wildman–Crippen LogP) is 2.70.